The maximum absolute atomic E-state index is 13.4. The van der Waals surface area contributed by atoms with Gasteiger partial charge >= 0.3 is 0 Å². The molecular formula is C26H30N6O2S. The predicted molar refractivity (Wildman–Crippen MR) is 138 cm³/mol. The average Bonchev–Trinajstić information content (AvgIpc) is 3.29. The van der Waals surface area contributed by atoms with Gasteiger partial charge in [0.2, 0.25) is 11.9 Å². The fourth-order valence-electron chi connectivity index (χ4n) is 4.01. The van der Waals surface area contributed by atoms with Crippen LogP contribution in [0.4, 0.5) is 11.6 Å². The lowest BCUT2D eigenvalue weighted by atomic mass is 10.1. The number of ether oxygens (including phenoxy) is 1. The number of nitriles is 1. The number of rotatable bonds is 8. The number of para-hydroxylation sites is 1. The topological polar surface area (TPSA) is 87.3 Å². The zero-order chi connectivity index (χ0) is 24.8. The van der Waals surface area contributed by atoms with Crippen LogP contribution in [-0.2, 0) is 9.53 Å². The SMILES string of the molecule is Cc1ccc(N(CCC#N)C(=O)CSc2nnc(N3CCOCC3)n2-c2ccccc2C)cc1C. The summed E-state index contributed by atoms with van der Waals surface area (Å²) in [6.07, 6.45) is 0.268. The molecule has 1 saturated heterocycles. The van der Waals surface area contributed by atoms with Gasteiger partial charge in [0, 0.05) is 25.3 Å². The van der Waals surface area contributed by atoms with Gasteiger partial charge in [0.15, 0.2) is 5.16 Å². The third-order valence-corrected chi connectivity index (χ3v) is 7.06. The molecule has 1 amide bonds. The molecule has 2 aromatic carbocycles. The number of amides is 1. The van der Waals surface area contributed by atoms with E-state index in [1.807, 2.05) is 54.8 Å². The standard InChI is InChI=1S/C26H30N6O2S/c1-19-9-10-22(17-21(19)3)31(12-6-11-27)24(33)18-35-26-29-28-25(30-13-15-34-16-14-30)32(26)23-8-5-4-7-20(23)2/h4-5,7-10,17H,6,12-16,18H2,1-3H3. The fourth-order valence-corrected chi connectivity index (χ4v) is 4.82. The lowest BCUT2D eigenvalue weighted by Gasteiger charge is -2.28. The summed E-state index contributed by atoms with van der Waals surface area (Å²) < 4.78 is 7.55. The average molecular weight is 491 g/mol. The molecule has 9 heteroatoms. The zero-order valence-electron chi connectivity index (χ0n) is 20.4. The number of aryl methyl sites for hydroxylation is 3. The molecule has 0 aliphatic carbocycles. The molecule has 0 N–H and O–H groups in total. The van der Waals surface area contributed by atoms with Crippen molar-refractivity contribution < 1.29 is 9.53 Å². The molecule has 0 spiro atoms. The molecule has 182 valence electrons. The molecule has 8 nitrogen and oxygen atoms in total. The summed E-state index contributed by atoms with van der Waals surface area (Å²) in [5, 5.41) is 18.8. The number of thioether (sulfide) groups is 1. The zero-order valence-corrected chi connectivity index (χ0v) is 21.2. The van der Waals surface area contributed by atoms with E-state index in [0.29, 0.717) is 24.9 Å². The van der Waals surface area contributed by atoms with E-state index in [2.05, 4.69) is 34.2 Å². The van der Waals surface area contributed by atoms with E-state index in [0.717, 1.165) is 47.1 Å². The second-order valence-electron chi connectivity index (χ2n) is 8.51. The molecule has 1 aromatic heterocycles. The maximum atomic E-state index is 13.4. The number of morpholine rings is 1. The summed E-state index contributed by atoms with van der Waals surface area (Å²) in [6, 6.07) is 16.2. The number of carbonyl (C=O) groups is 1. The van der Waals surface area contributed by atoms with Crippen molar-refractivity contribution in [1.29, 1.82) is 5.26 Å². The van der Waals surface area contributed by atoms with Gasteiger partial charge in [0.25, 0.3) is 0 Å². The van der Waals surface area contributed by atoms with Crippen LogP contribution in [0.15, 0.2) is 47.6 Å². The Morgan fingerprint density at radius 3 is 2.57 bits per heavy atom. The Kier molecular flexibility index (Phi) is 8.06. The molecule has 4 rings (SSSR count). The molecule has 0 unspecified atom stereocenters. The molecule has 0 radical (unpaired) electrons. The number of aromatic nitrogens is 3. The number of hydrogen-bond donors (Lipinski definition) is 0. The molecule has 0 bridgehead atoms. The molecule has 1 fully saturated rings. The highest BCUT2D eigenvalue weighted by molar-refractivity contribution is 7.99. The van der Waals surface area contributed by atoms with Crippen LogP contribution in [-0.4, -0.2) is 59.3 Å². The van der Waals surface area contributed by atoms with Crippen LogP contribution in [0.3, 0.4) is 0 Å². The third-order valence-electron chi connectivity index (χ3n) is 6.14. The number of nitrogens with zero attached hydrogens (tertiary/aromatic N) is 6. The molecule has 35 heavy (non-hydrogen) atoms. The van der Waals surface area contributed by atoms with E-state index in [4.69, 9.17) is 10.00 Å². The van der Waals surface area contributed by atoms with Crippen LogP contribution >= 0.6 is 11.8 Å². The van der Waals surface area contributed by atoms with E-state index in [-0.39, 0.29) is 18.1 Å². The van der Waals surface area contributed by atoms with Crippen molar-refractivity contribution in [2.24, 2.45) is 0 Å². The van der Waals surface area contributed by atoms with Gasteiger partial charge in [-0.2, -0.15) is 5.26 Å². The Morgan fingerprint density at radius 1 is 1.09 bits per heavy atom. The number of hydrogen-bond acceptors (Lipinski definition) is 7. The van der Waals surface area contributed by atoms with Crippen molar-refractivity contribution >= 4 is 29.3 Å². The number of carbonyl (C=O) groups excluding carboxylic acids is 1. The van der Waals surface area contributed by atoms with E-state index in [9.17, 15) is 4.79 Å². The highest BCUT2D eigenvalue weighted by Gasteiger charge is 2.24. The minimum atomic E-state index is -0.0687. The van der Waals surface area contributed by atoms with Crippen LogP contribution in [0.25, 0.3) is 5.69 Å². The van der Waals surface area contributed by atoms with Gasteiger partial charge in [0.05, 0.1) is 37.1 Å². The lowest BCUT2D eigenvalue weighted by molar-refractivity contribution is -0.116. The Labute approximate surface area is 210 Å². The lowest BCUT2D eigenvalue weighted by Crippen LogP contribution is -2.38. The molecule has 1 aliphatic rings. The second kappa shape index (κ2) is 11.4. The molecule has 0 saturated carbocycles. The van der Waals surface area contributed by atoms with Crippen LogP contribution in [0.5, 0.6) is 0 Å². The second-order valence-corrected chi connectivity index (χ2v) is 9.46. The first-order chi connectivity index (χ1) is 17.0. The minimum absolute atomic E-state index is 0.0687. The summed E-state index contributed by atoms with van der Waals surface area (Å²) in [5.74, 6) is 0.875. The first-order valence-corrected chi connectivity index (χ1v) is 12.7. The summed E-state index contributed by atoms with van der Waals surface area (Å²) >= 11 is 1.36. The van der Waals surface area contributed by atoms with Crippen LogP contribution in [0.2, 0.25) is 0 Å². The minimum Gasteiger partial charge on any atom is -0.378 e. The van der Waals surface area contributed by atoms with Crippen molar-refractivity contribution in [2.45, 2.75) is 32.3 Å². The van der Waals surface area contributed by atoms with Gasteiger partial charge < -0.3 is 14.5 Å². The summed E-state index contributed by atoms with van der Waals surface area (Å²) in [7, 11) is 0. The Balaban J connectivity index is 1.61. The van der Waals surface area contributed by atoms with Gasteiger partial charge in [-0.25, -0.2) is 0 Å². The molecule has 1 aliphatic heterocycles. The van der Waals surface area contributed by atoms with Crippen LogP contribution in [0.1, 0.15) is 23.1 Å². The largest absolute Gasteiger partial charge is 0.378 e. The molecule has 3 aromatic rings. The van der Waals surface area contributed by atoms with Crippen molar-refractivity contribution in [3.05, 3.63) is 59.2 Å². The molecule has 0 atom stereocenters. The van der Waals surface area contributed by atoms with Gasteiger partial charge in [0.1, 0.15) is 0 Å². The molecule has 2 heterocycles. The van der Waals surface area contributed by atoms with Gasteiger partial charge in [-0.15, -0.1) is 10.2 Å². The van der Waals surface area contributed by atoms with Gasteiger partial charge in [-0.05, 0) is 55.7 Å². The summed E-state index contributed by atoms with van der Waals surface area (Å²) in [4.78, 5) is 17.2. The first-order valence-electron chi connectivity index (χ1n) is 11.7. The van der Waals surface area contributed by atoms with Crippen molar-refractivity contribution in [3.63, 3.8) is 0 Å². The Bertz CT molecular complexity index is 1230. The van der Waals surface area contributed by atoms with Crippen LogP contribution in [0, 0.1) is 32.1 Å². The molecular weight excluding hydrogens is 460 g/mol. The Hall–Kier alpha value is -3.35. The van der Waals surface area contributed by atoms with E-state index in [1.165, 1.54) is 11.8 Å². The van der Waals surface area contributed by atoms with E-state index in [1.54, 1.807) is 4.90 Å². The number of benzene rings is 2. The highest BCUT2D eigenvalue weighted by atomic mass is 32.2. The quantitative estimate of drug-likeness (QED) is 0.440. The smallest absolute Gasteiger partial charge is 0.237 e. The van der Waals surface area contributed by atoms with E-state index >= 15 is 0 Å². The Morgan fingerprint density at radius 2 is 1.86 bits per heavy atom. The first kappa shape index (κ1) is 24.8. The monoisotopic (exact) mass is 490 g/mol. The van der Waals surface area contributed by atoms with Crippen molar-refractivity contribution in [1.82, 2.24) is 14.8 Å². The highest BCUT2D eigenvalue weighted by Crippen LogP contribution is 2.29. The maximum Gasteiger partial charge on any atom is 0.237 e. The van der Waals surface area contributed by atoms with Crippen LogP contribution < -0.4 is 9.80 Å². The van der Waals surface area contributed by atoms with Gasteiger partial charge in [-0.1, -0.05) is 36.0 Å². The fraction of sp³-hybridized carbons (Fsp3) is 0.385. The van der Waals surface area contributed by atoms with Crippen molar-refractivity contribution in [3.8, 4) is 11.8 Å². The number of anilines is 2. The normalized spacial score (nSPS) is 13.5. The summed E-state index contributed by atoms with van der Waals surface area (Å²) in [6.45, 7) is 9.24. The third kappa shape index (κ3) is 5.66. The predicted octanol–water partition coefficient (Wildman–Crippen LogP) is 4.07. The summed E-state index contributed by atoms with van der Waals surface area (Å²) in [5.41, 5.74) is 5.17. The van der Waals surface area contributed by atoms with Crippen molar-refractivity contribution in [2.75, 3.05) is 48.4 Å². The van der Waals surface area contributed by atoms with Gasteiger partial charge in [-0.3, -0.25) is 9.36 Å². The van der Waals surface area contributed by atoms with E-state index < -0.39 is 0 Å².